The van der Waals surface area contributed by atoms with E-state index in [-0.39, 0.29) is 18.2 Å². The zero-order valence-corrected chi connectivity index (χ0v) is 19.6. The van der Waals surface area contributed by atoms with Gasteiger partial charge in [0.15, 0.2) is 5.82 Å². The van der Waals surface area contributed by atoms with Crippen LogP contribution in [0.5, 0.6) is 0 Å². The predicted molar refractivity (Wildman–Crippen MR) is 129 cm³/mol. The van der Waals surface area contributed by atoms with E-state index in [4.69, 9.17) is 9.36 Å². The van der Waals surface area contributed by atoms with Gasteiger partial charge in [-0.3, -0.25) is 9.59 Å². The summed E-state index contributed by atoms with van der Waals surface area (Å²) in [7, 11) is 1.48. The molecule has 1 atom stereocenters. The third-order valence-corrected chi connectivity index (χ3v) is 6.42. The molecule has 5 rings (SSSR count). The maximum atomic E-state index is 13.5. The second-order valence-corrected chi connectivity index (χ2v) is 8.75. The van der Waals surface area contributed by atoms with E-state index in [1.807, 2.05) is 59.5 Å². The Balaban J connectivity index is 1.34. The van der Waals surface area contributed by atoms with Crippen LogP contribution in [0, 0.1) is 0 Å². The highest BCUT2D eigenvalue weighted by Gasteiger charge is 2.38. The van der Waals surface area contributed by atoms with Crippen LogP contribution in [0.3, 0.4) is 0 Å². The average molecular weight is 474 g/mol. The lowest BCUT2D eigenvalue weighted by Gasteiger charge is -2.21. The van der Waals surface area contributed by atoms with Crippen molar-refractivity contribution in [2.45, 2.75) is 31.7 Å². The first-order valence-electron chi connectivity index (χ1n) is 11.8. The van der Waals surface area contributed by atoms with Gasteiger partial charge in [-0.15, -0.1) is 0 Å². The second kappa shape index (κ2) is 10.1. The highest BCUT2D eigenvalue weighted by atomic mass is 16.6. The number of rotatable bonds is 6. The van der Waals surface area contributed by atoms with Crippen molar-refractivity contribution < 1.29 is 18.9 Å². The predicted octanol–water partition coefficient (Wildman–Crippen LogP) is 3.49. The molecule has 35 heavy (non-hydrogen) atoms. The van der Waals surface area contributed by atoms with Crippen LogP contribution in [0.4, 0.5) is 0 Å². The highest BCUT2D eigenvalue weighted by Crippen LogP contribution is 2.32. The average Bonchev–Trinajstić information content (AvgIpc) is 3.66. The molecule has 1 unspecified atom stereocenters. The van der Waals surface area contributed by atoms with Crippen LogP contribution in [-0.2, 0) is 16.1 Å². The fraction of sp³-hybridized carbons (Fsp3) is 0.346. The smallest absolute Gasteiger partial charge is 0.254 e. The summed E-state index contributed by atoms with van der Waals surface area (Å²) in [5.41, 5.74) is 3.38. The van der Waals surface area contributed by atoms with E-state index >= 15 is 0 Å². The summed E-state index contributed by atoms with van der Waals surface area (Å²) >= 11 is 0. The minimum absolute atomic E-state index is 0.00524. The standard InChI is InChI=1S/C26H27N5O4/c1-34-28-21-15-22(25-27-23(29-35-25)16-24(32)30-13-5-6-14-30)31(17-21)26(33)20-11-9-19(10-12-20)18-7-3-2-4-8-18/h2-4,7-12,22H,5-6,13-17H2,1H3/b28-21+. The van der Waals surface area contributed by atoms with Crippen LogP contribution < -0.4 is 0 Å². The van der Waals surface area contributed by atoms with Gasteiger partial charge >= 0.3 is 0 Å². The Morgan fingerprint density at radius 1 is 1.06 bits per heavy atom. The number of hydrogen-bond acceptors (Lipinski definition) is 7. The van der Waals surface area contributed by atoms with Gasteiger partial charge in [0.2, 0.25) is 11.8 Å². The van der Waals surface area contributed by atoms with Crippen molar-refractivity contribution in [2.24, 2.45) is 5.16 Å². The molecule has 2 aliphatic heterocycles. The molecule has 0 bridgehead atoms. The van der Waals surface area contributed by atoms with Crippen molar-refractivity contribution >= 4 is 17.5 Å². The number of oxime groups is 1. The Kier molecular flexibility index (Phi) is 6.56. The number of benzene rings is 2. The summed E-state index contributed by atoms with van der Waals surface area (Å²) in [6.45, 7) is 1.84. The van der Waals surface area contributed by atoms with Gasteiger partial charge in [-0.2, -0.15) is 4.98 Å². The summed E-state index contributed by atoms with van der Waals surface area (Å²) < 4.78 is 5.51. The van der Waals surface area contributed by atoms with Crippen molar-refractivity contribution in [1.29, 1.82) is 0 Å². The molecule has 9 nitrogen and oxygen atoms in total. The van der Waals surface area contributed by atoms with Gasteiger partial charge in [0, 0.05) is 25.1 Å². The number of carbonyl (C=O) groups is 2. The Labute approximate surface area is 203 Å². The van der Waals surface area contributed by atoms with Gasteiger partial charge in [0.25, 0.3) is 5.91 Å². The summed E-state index contributed by atoms with van der Waals surface area (Å²) in [4.78, 5) is 38.8. The topological polar surface area (TPSA) is 101 Å². The molecule has 3 aromatic rings. The summed E-state index contributed by atoms with van der Waals surface area (Å²) in [6, 6.07) is 17.0. The van der Waals surface area contributed by atoms with Crippen LogP contribution in [0.1, 0.15) is 47.4 Å². The van der Waals surface area contributed by atoms with Gasteiger partial charge in [0.05, 0.1) is 18.7 Å². The van der Waals surface area contributed by atoms with Gasteiger partial charge in [-0.05, 0) is 36.1 Å². The SMILES string of the molecule is CO/N=C1\CC(c2nc(CC(=O)N3CCCC3)no2)N(C(=O)c2ccc(-c3ccccc3)cc2)C1. The highest BCUT2D eigenvalue weighted by molar-refractivity contribution is 6.00. The van der Waals surface area contributed by atoms with E-state index in [9.17, 15) is 9.59 Å². The van der Waals surface area contributed by atoms with Crippen molar-refractivity contribution in [3.8, 4) is 11.1 Å². The zero-order chi connectivity index (χ0) is 24.2. The maximum Gasteiger partial charge on any atom is 0.254 e. The Hall–Kier alpha value is -4.01. The summed E-state index contributed by atoms with van der Waals surface area (Å²) in [5.74, 6) is 0.455. The van der Waals surface area contributed by atoms with Crippen molar-refractivity contribution in [3.63, 3.8) is 0 Å². The van der Waals surface area contributed by atoms with Crippen molar-refractivity contribution in [3.05, 3.63) is 71.9 Å². The number of hydrogen-bond donors (Lipinski definition) is 0. The molecule has 180 valence electrons. The van der Waals surface area contributed by atoms with Crippen LogP contribution >= 0.6 is 0 Å². The molecule has 9 heteroatoms. The molecule has 2 aliphatic rings. The van der Waals surface area contributed by atoms with E-state index in [0.29, 0.717) is 36.0 Å². The Morgan fingerprint density at radius 3 is 2.49 bits per heavy atom. The summed E-state index contributed by atoms with van der Waals surface area (Å²) in [5, 5.41) is 8.07. The molecule has 1 aromatic heterocycles. The van der Waals surface area contributed by atoms with E-state index in [2.05, 4.69) is 15.3 Å². The van der Waals surface area contributed by atoms with Crippen LogP contribution in [0.2, 0.25) is 0 Å². The number of likely N-dealkylation sites (tertiary alicyclic amines) is 2. The maximum absolute atomic E-state index is 13.5. The van der Waals surface area contributed by atoms with Crippen LogP contribution in [0.25, 0.3) is 11.1 Å². The second-order valence-electron chi connectivity index (χ2n) is 8.75. The molecule has 3 heterocycles. The quantitative estimate of drug-likeness (QED) is 0.508. The molecule has 0 saturated carbocycles. The fourth-order valence-corrected chi connectivity index (χ4v) is 4.62. The minimum atomic E-state index is -0.478. The van der Waals surface area contributed by atoms with E-state index in [1.54, 1.807) is 4.90 Å². The lowest BCUT2D eigenvalue weighted by molar-refractivity contribution is -0.129. The van der Waals surface area contributed by atoms with Crippen LogP contribution in [-0.4, -0.2) is 64.2 Å². The first-order valence-corrected chi connectivity index (χ1v) is 11.8. The first kappa shape index (κ1) is 22.8. The molecule has 2 fully saturated rings. The molecule has 0 aliphatic carbocycles. The number of aromatic nitrogens is 2. The van der Waals surface area contributed by atoms with E-state index in [1.165, 1.54) is 7.11 Å². The number of nitrogens with zero attached hydrogens (tertiary/aromatic N) is 5. The zero-order valence-electron chi connectivity index (χ0n) is 19.6. The van der Waals surface area contributed by atoms with E-state index < -0.39 is 6.04 Å². The van der Waals surface area contributed by atoms with Crippen molar-refractivity contribution in [2.75, 3.05) is 26.7 Å². The Bertz CT molecular complexity index is 1220. The van der Waals surface area contributed by atoms with Gasteiger partial charge < -0.3 is 19.2 Å². The molecular formula is C26H27N5O4. The molecule has 2 saturated heterocycles. The minimum Gasteiger partial charge on any atom is -0.399 e. The van der Waals surface area contributed by atoms with Gasteiger partial charge in [-0.1, -0.05) is 52.8 Å². The van der Waals surface area contributed by atoms with Crippen LogP contribution in [0.15, 0.2) is 64.3 Å². The number of amides is 2. The lowest BCUT2D eigenvalue weighted by atomic mass is 10.0. The molecule has 0 radical (unpaired) electrons. The molecular weight excluding hydrogens is 446 g/mol. The molecule has 2 aromatic carbocycles. The molecule has 0 spiro atoms. The van der Waals surface area contributed by atoms with Gasteiger partial charge in [-0.25, -0.2) is 0 Å². The monoisotopic (exact) mass is 473 g/mol. The van der Waals surface area contributed by atoms with E-state index in [0.717, 1.165) is 37.1 Å². The molecule has 2 amide bonds. The normalized spacial score (nSPS) is 18.9. The third-order valence-electron chi connectivity index (χ3n) is 6.42. The Morgan fingerprint density at radius 2 is 1.77 bits per heavy atom. The summed E-state index contributed by atoms with van der Waals surface area (Å²) in [6.07, 6.45) is 2.56. The third kappa shape index (κ3) is 4.94. The van der Waals surface area contributed by atoms with Gasteiger partial charge in [0.1, 0.15) is 13.2 Å². The first-order chi connectivity index (χ1) is 17.1. The lowest BCUT2D eigenvalue weighted by Crippen LogP contribution is -2.31. The van der Waals surface area contributed by atoms with Crippen molar-refractivity contribution in [1.82, 2.24) is 19.9 Å². The number of carbonyl (C=O) groups excluding carboxylic acids is 2. The molecule has 0 N–H and O–H groups in total. The largest absolute Gasteiger partial charge is 0.399 e. The fourth-order valence-electron chi connectivity index (χ4n) is 4.62.